The summed E-state index contributed by atoms with van der Waals surface area (Å²) in [7, 11) is 0. The van der Waals surface area contributed by atoms with Crippen LogP contribution in [0.25, 0.3) is 0 Å². The van der Waals surface area contributed by atoms with Crippen molar-refractivity contribution in [2.75, 3.05) is 5.75 Å². The third-order valence-electron chi connectivity index (χ3n) is 2.74. The van der Waals surface area contributed by atoms with Crippen molar-refractivity contribution in [1.82, 2.24) is 4.90 Å². The standard InChI is InChI=1S/C10H12NO4S2.Na/c1-3-16-10-8(15-4-12)11-7(14)6(5(2)13)9(11)17-10;/h5-6,9,13H,3H2,1-2H3;/t5-,6+,9-;/m1./s1. The summed E-state index contributed by atoms with van der Waals surface area (Å²) in [6.07, 6.45) is -0.676. The number of carbonyl (C=O) groups is 2. The quantitative estimate of drug-likeness (QED) is 0.619. The Morgan fingerprint density at radius 2 is 2.39 bits per heavy atom. The molecular formula is C10H12NNaO4S2. The number of thioether (sulfide) groups is 2. The molecule has 0 aliphatic carbocycles. The second kappa shape index (κ2) is 5.76. The molecule has 5 nitrogen and oxygen atoms in total. The van der Waals surface area contributed by atoms with Gasteiger partial charge in [0.15, 0.2) is 0 Å². The molecule has 0 aromatic heterocycles. The van der Waals surface area contributed by atoms with Crippen LogP contribution in [0.3, 0.4) is 0 Å². The van der Waals surface area contributed by atoms with Gasteiger partial charge in [-0.15, -0.1) is 0 Å². The molecule has 1 saturated heterocycles. The average Bonchev–Trinajstić information content (AvgIpc) is 2.52. The van der Waals surface area contributed by atoms with E-state index in [0.29, 0.717) is 33.8 Å². The Hall–Kier alpha value is 0.340. The van der Waals surface area contributed by atoms with Crippen LogP contribution in [-0.2, 0) is 9.53 Å². The molecule has 94 valence electrons. The van der Waals surface area contributed by atoms with Gasteiger partial charge in [0.2, 0.25) is 0 Å². The zero-order valence-electron chi connectivity index (χ0n) is 10.4. The van der Waals surface area contributed by atoms with Crippen LogP contribution in [0, 0.1) is 5.92 Å². The van der Waals surface area contributed by atoms with Crippen LogP contribution in [0.5, 0.6) is 0 Å². The summed E-state index contributed by atoms with van der Waals surface area (Å²) in [6.45, 7) is 3.62. The van der Waals surface area contributed by atoms with E-state index in [9.17, 15) is 14.7 Å². The molecule has 8 heteroatoms. The van der Waals surface area contributed by atoms with Crippen LogP contribution in [0.4, 0.5) is 4.79 Å². The Kier molecular flexibility index (Phi) is 4.72. The number of nitrogens with zero attached hydrogens (tertiary/aromatic N) is 1. The molecule has 2 aliphatic rings. The fraction of sp³-hybridized carbons (Fsp3) is 0.600. The summed E-state index contributed by atoms with van der Waals surface area (Å²) < 4.78 is 5.76. The Morgan fingerprint density at radius 3 is 2.89 bits per heavy atom. The number of hydrogen-bond acceptors (Lipinski definition) is 6. The van der Waals surface area contributed by atoms with Crippen molar-refractivity contribution >= 4 is 60.6 Å². The van der Waals surface area contributed by atoms with Crippen molar-refractivity contribution in [3.8, 4) is 0 Å². The molecule has 1 fully saturated rings. The summed E-state index contributed by atoms with van der Waals surface area (Å²) in [6, 6.07) is 0. The summed E-state index contributed by atoms with van der Waals surface area (Å²) in [5.41, 5.74) is 0. The zero-order chi connectivity index (χ0) is 13.4. The van der Waals surface area contributed by atoms with Crippen molar-refractivity contribution in [3.05, 3.63) is 10.1 Å². The Morgan fingerprint density at radius 1 is 1.72 bits per heavy atom. The maximum atomic E-state index is 12.0. The molecule has 0 saturated carbocycles. The van der Waals surface area contributed by atoms with Gasteiger partial charge in [0.25, 0.3) is 0 Å². The molecular weight excluding hydrogens is 285 g/mol. The molecule has 2 rings (SSSR count). The predicted octanol–water partition coefficient (Wildman–Crippen LogP) is 1.08. The van der Waals surface area contributed by atoms with Crippen molar-refractivity contribution in [1.29, 1.82) is 0 Å². The molecule has 2 aliphatic heterocycles. The van der Waals surface area contributed by atoms with E-state index >= 15 is 0 Å². The predicted molar refractivity (Wildman–Crippen MR) is 70.8 cm³/mol. The summed E-state index contributed by atoms with van der Waals surface area (Å²) in [5, 5.41) is 9.46. The first-order chi connectivity index (χ1) is 8.47. The number of fused-ring (bicyclic) bond motifs is 1. The van der Waals surface area contributed by atoms with E-state index in [2.05, 4.69) is 0 Å². The van der Waals surface area contributed by atoms with Gasteiger partial charge in [0.05, 0.1) is 0 Å². The molecule has 0 radical (unpaired) electrons. The van der Waals surface area contributed by atoms with Gasteiger partial charge in [-0.2, -0.15) is 0 Å². The molecule has 0 spiro atoms. The SMILES string of the molecule is CCSC1=C(O[C](=O)[Na])N2C(=O)[C@H]([C@@H](C)O)[C@H]2S1. The molecule has 0 aromatic rings. The van der Waals surface area contributed by atoms with Crippen molar-refractivity contribution in [3.63, 3.8) is 0 Å². The van der Waals surface area contributed by atoms with Crippen LogP contribution in [0.1, 0.15) is 13.8 Å². The van der Waals surface area contributed by atoms with Crippen LogP contribution in [0.15, 0.2) is 10.1 Å². The number of carbonyl (C=O) groups excluding carboxylic acids is 2. The van der Waals surface area contributed by atoms with Crippen LogP contribution in [0.2, 0.25) is 0 Å². The van der Waals surface area contributed by atoms with Gasteiger partial charge < -0.3 is 0 Å². The fourth-order valence-corrected chi connectivity index (χ4v) is 4.88. The number of rotatable bonds is 4. The fourth-order valence-electron chi connectivity index (χ4n) is 1.98. The number of ether oxygens (including phenoxy) is 1. The summed E-state index contributed by atoms with van der Waals surface area (Å²) >= 11 is 3.35. The Balaban J connectivity index is 2.21. The minimum absolute atomic E-state index is 0.123. The first kappa shape index (κ1) is 14.7. The van der Waals surface area contributed by atoms with Gasteiger partial charge in [0.1, 0.15) is 0 Å². The number of hydrogen-bond donors (Lipinski definition) is 1. The Labute approximate surface area is 131 Å². The third-order valence-corrected chi connectivity index (χ3v) is 5.45. The van der Waals surface area contributed by atoms with E-state index in [1.165, 1.54) is 16.7 Å². The van der Waals surface area contributed by atoms with Crippen LogP contribution in [-0.4, -0.2) is 64.3 Å². The van der Waals surface area contributed by atoms with Gasteiger partial charge in [-0.1, -0.05) is 0 Å². The summed E-state index contributed by atoms with van der Waals surface area (Å²) in [5.74, 6) is 0.664. The van der Waals surface area contributed by atoms with Crippen molar-refractivity contribution in [2.24, 2.45) is 5.92 Å². The van der Waals surface area contributed by atoms with E-state index in [1.807, 2.05) is 6.92 Å². The molecule has 1 amide bonds. The van der Waals surface area contributed by atoms with E-state index < -0.39 is 12.0 Å². The third kappa shape index (κ3) is 2.48. The van der Waals surface area contributed by atoms with E-state index in [0.717, 1.165) is 9.99 Å². The minimum atomic E-state index is -0.676. The second-order valence-corrected chi connectivity index (χ2v) is 7.58. The molecule has 0 aromatic carbocycles. The molecule has 0 unspecified atom stereocenters. The van der Waals surface area contributed by atoms with Crippen LogP contribution < -0.4 is 0 Å². The molecule has 2 heterocycles. The molecule has 1 N–H and O–H groups in total. The molecule has 0 bridgehead atoms. The van der Waals surface area contributed by atoms with Crippen molar-refractivity contribution < 1.29 is 19.4 Å². The number of aliphatic hydroxyl groups excluding tert-OH is 1. The van der Waals surface area contributed by atoms with Gasteiger partial charge in [-0.05, 0) is 0 Å². The first-order valence-electron chi connectivity index (χ1n) is 5.70. The average molecular weight is 297 g/mol. The molecule has 3 atom stereocenters. The second-order valence-electron chi connectivity index (χ2n) is 4.10. The maximum absolute atomic E-state index is 12.0. The van der Waals surface area contributed by atoms with Gasteiger partial charge >= 0.3 is 132 Å². The number of aliphatic hydroxyl groups is 1. The number of amides is 1. The topological polar surface area (TPSA) is 66.8 Å². The Bertz CT molecular complexity index is 426. The van der Waals surface area contributed by atoms with Crippen molar-refractivity contribution in [2.45, 2.75) is 25.3 Å². The summed E-state index contributed by atoms with van der Waals surface area (Å²) in [4.78, 5) is 24.6. The molecule has 18 heavy (non-hydrogen) atoms. The van der Waals surface area contributed by atoms with E-state index in [4.69, 9.17) is 4.74 Å². The van der Waals surface area contributed by atoms with Crippen LogP contribution >= 0.6 is 23.5 Å². The first-order valence-corrected chi connectivity index (χ1v) is 8.57. The van der Waals surface area contributed by atoms with E-state index in [1.54, 1.807) is 18.7 Å². The van der Waals surface area contributed by atoms with Gasteiger partial charge in [0, 0.05) is 0 Å². The normalized spacial score (nSPS) is 28.1. The van der Waals surface area contributed by atoms with E-state index in [-0.39, 0.29) is 14.5 Å². The monoisotopic (exact) mass is 297 g/mol. The van der Waals surface area contributed by atoms with Gasteiger partial charge in [-0.25, -0.2) is 0 Å². The number of β-lactam (4-membered cyclic amide) rings is 1. The zero-order valence-corrected chi connectivity index (χ0v) is 14.0. The van der Waals surface area contributed by atoms with Gasteiger partial charge in [-0.3, -0.25) is 0 Å².